The van der Waals surface area contributed by atoms with E-state index in [1.807, 2.05) is 0 Å². The summed E-state index contributed by atoms with van der Waals surface area (Å²) < 4.78 is 44.4. The Labute approximate surface area is 357 Å². The molecule has 4 heterocycles. The Morgan fingerprint density at radius 2 is 0.887 bits per heavy atom. The number of rotatable bonds is 24. The molecule has 0 bridgehead atoms. The van der Waals surface area contributed by atoms with Gasteiger partial charge in [0.05, 0.1) is 77.3 Å². The number of carbonyl (C=O) groups is 2. The zero-order valence-corrected chi connectivity index (χ0v) is 34.3. The van der Waals surface area contributed by atoms with Crippen molar-refractivity contribution in [2.45, 2.75) is 143 Å². The molecule has 17 atom stereocenters. The lowest BCUT2D eigenvalue weighted by Crippen LogP contribution is -2.59. The van der Waals surface area contributed by atoms with Crippen LogP contribution in [0.5, 0.6) is 0 Å². The summed E-state index contributed by atoms with van der Waals surface area (Å²) in [6.45, 7) is -3.45. The molecule has 0 spiro atoms. The van der Waals surface area contributed by atoms with Gasteiger partial charge in [-0.1, -0.05) is 0 Å². The lowest BCUT2D eigenvalue weighted by Gasteiger charge is -2.40. The van der Waals surface area contributed by atoms with Crippen molar-refractivity contribution in [2.75, 3.05) is 79.0 Å². The van der Waals surface area contributed by atoms with Crippen molar-refractivity contribution in [1.82, 2.24) is 9.80 Å². The molecule has 4 fully saturated rings. The highest BCUT2D eigenvalue weighted by Crippen LogP contribution is 2.25. The molecule has 0 aromatic rings. The summed E-state index contributed by atoms with van der Waals surface area (Å²) in [6, 6.07) is 0. The van der Waals surface area contributed by atoms with Crippen molar-refractivity contribution in [3.63, 3.8) is 0 Å². The number of ether oxygens (including phenoxy) is 8. The fourth-order valence-corrected chi connectivity index (χ4v) is 7.32. The smallest absolute Gasteiger partial charge is 0.222 e. The van der Waals surface area contributed by atoms with E-state index in [0.29, 0.717) is 0 Å². The van der Waals surface area contributed by atoms with Crippen LogP contribution in [0.3, 0.4) is 0 Å². The van der Waals surface area contributed by atoms with Gasteiger partial charge in [-0.05, 0) is 6.42 Å². The molecule has 13 N–H and O–H groups in total. The number of hydrogen-bond acceptors (Lipinski definition) is 23. The van der Waals surface area contributed by atoms with Crippen molar-refractivity contribution >= 4 is 11.8 Å². The molecule has 0 aromatic heterocycles. The molecular weight excluding hydrogens is 840 g/mol. The average molecular weight is 907 g/mol. The molecule has 4 aliphatic heterocycles. The van der Waals surface area contributed by atoms with Crippen LogP contribution < -0.4 is 0 Å². The second-order valence-corrected chi connectivity index (χ2v) is 15.6. The van der Waals surface area contributed by atoms with Gasteiger partial charge in [-0.15, -0.1) is 0 Å². The van der Waals surface area contributed by atoms with Crippen LogP contribution in [0, 0.1) is 0 Å². The normalized spacial score (nSPS) is 37.9. The van der Waals surface area contributed by atoms with E-state index in [4.69, 9.17) is 37.9 Å². The zero-order chi connectivity index (χ0) is 45.5. The van der Waals surface area contributed by atoms with Gasteiger partial charge < -0.3 is 114 Å². The molecule has 25 heteroatoms. The van der Waals surface area contributed by atoms with Crippen molar-refractivity contribution < 1.29 is 114 Å². The Hall–Kier alpha value is -1.90. The minimum Gasteiger partial charge on any atom is -0.394 e. The largest absolute Gasteiger partial charge is 0.394 e. The van der Waals surface area contributed by atoms with Crippen LogP contribution in [-0.2, 0) is 47.5 Å². The Bertz CT molecular complexity index is 1260. The van der Waals surface area contributed by atoms with Crippen LogP contribution in [0.2, 0.25) is 0 Å². The second kappa shape index (κ2) is 26.3. The highest BCUT2D eigenvalue weighted by atomic mass is 16.7. The monoisotopic (exact) mass is 906 g/mol. The molecule has 2 amide bonds. The Morgan fingerprint density at radius 3 is 1.32 bits per heavy atom. The Morgan fingerprint density at radius 1 is 0.468 bits per heavy atom. The molecule has 4 saturated heterocycles. The molecule has 4 rings (SSSR count). The molecule has 11 unspecified atom stereocenters. The van der Waals surface area contributed by atoms with Gasteiger partial charge in [0.25, 0.3) is 0 Å². The average Bonchev–Trinajstić information content (AvgIpc) is 3.26. The number of carbonyl (C=O) groups excluding carboxylic acids is 2. The van der Waals surface area contributed by atoms with Crippen LogP contribution >= 0.6 is 0 Å². The first kappa shape index (κ1) is 52.7. The van der Waals surface area contributed by atoms with Gasteiger partial charge in [-0.25, -0.2) is 0 Å². The van der Waals surface area contributed by atoms with E-state index < -0.39 is 136 Å². The van der Waals surface area contributed by atoms with Gasteiger partial charge >= 0.3 is 0 Å². The van der Waals surface area contributed by atoms with Crippen molar-refractivity contribution in [1.29, 1.82) is 0 Å². The van der Waals surface area contributed by atoms with Crippen molar-refractivity contribution in [2.24, 2.45) is 0 Å². The molecule has 4 aliphatic rings. The number of aliphatic hydroxyl groups is 13. The Balaban J connectivity index is 1.36. The lowest BCUT2D eigenvalue weighted by atomic mass is 9.99. The summed E-state index contributed by atoms with van der Waals surface area (Å²) in [6.07, 6.45) is -22.6. The number of hydrogen-bond donors (Lipinski definition) is 13. The van der Waals surface area contributed by atoms with Crippen LogP contribution in [-0.4, -0.2) is 272 Å². The van der Waals surface area contributed by atoms with Crippen LogP contribution in [0.4, 0.5) is 0 Å². The van der Waals surface area contributed by atoms with Gasteiger partial charge in [-0.3, -0.25) is 9.59 Å². The summed E-state index contributed by atoms with van der Waals surface area (Å²) >= 11 is 0. The standard InChI is InChI=1S/C37H66N2O23/c40-15-20-12-19(44)13-27(59-20)55-8-4-38(5-9-56-35-28(48)22(45)14-21(16-41)60-35)25(46)2-1-3-26(47)39(6-10-57-36-33(53)31(51)29(49)23(17-42)61-36)7-11-58-37-34(54)32(52)30(50)24(18-43)62-37/h19-24,27-37,40-45,48-54H,1-18H2/t19?,20?,21?,22?,23?,24?,27-,28?,29+,30+,31?,32?,33?,34?,35-,36-,37-/m0/s1. The van der Waals surface area contributed by atoms with E-state index in [1.165, 1.54) is 9.80 Å². The van der Waals surface area contributed by atoms with E-state index in [-0.39, 0.29) is 97.7 Å². The van der Waals surface area contributed by atoms with E-state index in [0.717, 1.165) is 0 Å². The third-order valence-electron chi connectivity index (χ3n) is 11.0. The first-order chi connectivity index (χ1) is 29.6. The molecule has 362 valence electrons. The predicted octanol–water partition coefficient (Wildman–Crippen LogP) is -7.83. The highest BCUT2D eigenvalue weighted by molar-refractivity contribution is 5.79. The van der Waals surface area contributed by atoms with Gasteiger partial charge in [0, 0.05) is 58.3 Å². The second-order valence-electron chi connectivity index (χ2n) is 15.6. The van der Waals surface area contributed by atoms with Gasteiger partial charge in [0.1, 0.15) is 54.9 Å². The minimum absolute atomic E-state index is 0.0113. The van der Waals surface area contributed by atoms with E-state index in [9.17, 15) is 76.0 Å². The van der Waals surface area contributed by atoms with Crippen LogP contribution in [0.15, 0.2) is 0 Å². The topological polar surface area (TPSA) is 377 Å². The van der Waals surface area contributed by atoms with Gasteiger partial charge in [-0.2, -0.15) is 0 Å². The predicted molar refractivity (Wildman–Crippen MR) is 202 cm³/mol. The molecule has 0 aromatic carbocycles. The highest BCUT2D eigenvalue weighted by Gasteiger charge is 2.45. The SMILES string of the molecule is O=C(CCCC(=O)N(CCO[C@H]1OC(CO)[C@@H](O)C(O)C1O)CCO[C@H]1OC(CO)[C@@H](O)C(O)C1O)N(CCO[C@@H]1CC(O)CC(CO)O1)CCO[C@H]1OC(CO)CC(O)C1O. The number of amides is 2. The fourth-order valence-electron chi connectivity index (χ4n) is 7.32. The first-order valence-electron chi connectivity index (χ1n) is 20.8. The van der Waals surface area contributed by atoms with Crippen LogP contribution in [0.1, 0.15) is 38.5 Å². The Kier molecular flexibility index (Phi) is 22.4. The summed E-state index contributed by atoms with van der Waals surface area (Å²) in [5, 5.41) is 130. The third-order valence-corrected chi connectivity index (χ3v) is 11.0. The quantitative estimate of drug-likeness (QED) is 0.0428. The molecule has 0 aliphatic carbocycles. The fraction of sp³-hybridized carbons (Fsp3) is 0.946. The van der Waals surface area contributed by atoms with Gasteiger partial charge in [0.15, 0.2) is 25.2 Å². The summed E-state index contributed by atoms with van der Waals surface area (Å²) in [5.74, 6) is -0.956. The van der Waals surface area contributed by atoms with E-state index in [2.05, 4.69) is 0 Å². The maximum atomic E-state index is 13.6. The lowest BCUT2D eigenvalue weighted by molar-refractivity contribution is -0.303. The summed E-state index contributed by atoms with van der Waals surface area (Å²) in [4.78, 5) is 29.8. The van der Waals surface area contributed by atoms with E-state index in [1.54, 1.807) is 0 Å². The summed E-state index contributed by atoms with van der Waals surface area (Å²) in [7, 11) is 0. The molecule has 62 heavy (non-hydrogen) atoms. The zero-order valence-electron chi connectivity index (χ0n) is 34.3. The van der Waals surface area contributed by atoms with Crippen LogP contribution in [0.25, 0.3) is 0 Å². The first-order valence-corrected chi connectivity index (χ1v) is 20.8. The molecule has 0 radical (unpaired) electrons. The van der Waals surface area contributed by atoms with Gasteiger partial charge in [0.2, 0.25) is 11.8 Å². The minimum atomic E-state index is -1.71. The number of aliphatic hydroxyl groups excluding tert-OH is 13. The van der Waals surface area contributed by atoms with Crippen molar-refractivity contribution in [3.05, 3.63) is 0 Å². The molecular formula is C37H66N2O23. The van der Waals surface area contributed by atoms with E-state index >= 15 is 0 Å². The van der Waals surface area contributed by atoms with Crippen molar-refractivity contribution in [3.8, 4) is 0 Å². The molecule has 25 nitrogen and oxygen atoms in total. The number of nitrogens with zero attached hydrogens (tertiary/aromatic N) is 2. The third kappa shape index (κ3) is 15.1. The summed E-state index contributed by atoms with van der Waals surface area (Å²) in [5.41, 5.74) is 0. The molecule has 0 saturated carbocycles. The maximum absolute atomic E-state index is 13.6. The maximum Gasteiger partial charge on any atom is 0.222 e.